The number of ether oxygens (including phenoxy) is 1. The van der Waals surface area contributed by atoms with Gasteiger partial charge in [-0.3, -0.25) is 4.79 Å². The highest BCUT2D eigenvalue weighted by Crippen LogP contribution is 2.36. The summed E-state index contributed by atoms with van der Waals surface area (Å²) in [6.45, 7) is 6.62. The number of rotatable bonds is 4. The van der Waals surface area contributed by atoms with Crippen LogP contribution in [0.15, 0.2) is 18.2 Å². The van der Waals surface area contributed by atoms with Gasteiger partial charge in [-0.1, -0.05) is 13.0 Å². The molecule has 1 aliphatic heterocycles. The summed E-state index contributed by atoms with van der Waals surface area (Å²) in [5.74, 6) is 1.39. The highest BCUT2D eigenvalue weighted by Gasteiger charge is 2.25. The first kappa shape index (κ1) is 13.2. The molecule has 1 fully saturated rings. The molecule has 3 nitrogen and oxygen atoms in total. The molecule has 1 aromatic rings. The standard InChI is InChI=1S/C14H18ClNO2/c1-3-18-12-6-4-5-11(14(15)17)13(12)16-8-7-10(2)9-16/h4-6,10H,3,7-9H2,1-2H3. The minimum absolute atomic E-state index is 0.425. The lowest BCUT2D eigenvalue weighted by Crippen LogP contribution is -2.22. The lowest BCUT2D eigenvalue weighted by atomic mass is 10.1. The molecule has 1 atom stereocenters. The van der Waals surface area contributed by atoms with Crippen LogP contribution in [0.1, 0.15) is 30.6 Å². The molecule has 0 N–H and O–H groups in total. The fraction of sp³-hybridized carbons (Fsp3) is 0.500. The van der Waals surface area contributed by atoms with Crippen LogP contribution in [0.25, 0.3) is 0 Å². The topological polar surface area (TPSA) is 29.5 Å². The van der Waals surface area contributed by atoms with Crippen LogP contribution in [0.4, 0.5) is 5.69 Å². The van der Waals surface area contributed by atoms with Crippen molar-refractivity contribution < 1.29 is 9.53 Å². The molecule has 0 aliphatic carbocycles. The zero-order valence-corrected chi connectivity index (χ0v) is 11.5. The van der Waals surface area contributed by atoms with Gasteiger partial charge in [-0.2, -0.15) is 0 Å². The van der Waals surface area contributed by atoms with Crippen molar-refractivity contribution >= 4 is 22.5 Å². The maximum absolute atomic E-state index is 11.5. The fourth-order valence-corrected chi connectivity index (χ4v) is 2.57. The number of anilines is 1. The number of hydrogen-bond donors (Lipinski definition) is 0. The Hall–Kier alpha value is -1.22. The van der Waals surface area contributed by atoms with Crippen LogP contribution in [-0.4, -0.2) is 24.9 Å². The molecule has 1 aliphatic rings. The molecule has 1 aromatic carbocycles. The van der Waals surface area contributed by atoms with Gasteiger partial charge in [-0.05, 0) is 43.0 Å². The van der Waals surface area contributed by atoms with E-state index < -0.39 is 5.24 Å². The molecule has 0 saturated carbocycles. The van der Waals surface area contributed by atoms with E-state index >= 15 is 0 Å². The second-order valence-electron chi connectivity index (χ2n) is 4.70. The SMILES string of the molecule is CCOc1cccc(C(=O)Cl)c1N1CCC(C)C1. The number of nitrogens with zero attached hydrogens (tertiary/aromatic N) is 1. The third kappa shape index (κ3) is 2.61. The summed E-state index contributed by atoms with van der Waals surface area (Å²) < 4.78 is 5.62. The quantitative estimate of drug-likeness (QED) is 0.784. The second kappa shape index (κ2) is 5.61. The molecule has 0 radical (unpaired) electrons. The van der Waals surface area contributed by atoms with Crippen LogP contribution < -0.4 is 9.64 Å². The van der Waals surface area contributed by atoms with Crippen molar-refractivity contribution in [1.82, 2.24) is 0 Å². The number of halogens is 1. The van der Waals surface area contributed by atoms with Gasteiger partial charge in [-0.25, -0.2) is 0 Å². The van der Waals surface area contributed by atoms with Gasteiger partial charge in [0.1, 0.15) is 5.75 Å². The van der Waals surface area contributed by atoms with Crippen molar-refractivity contribution in [3.8, 4) is 5.75 Å². The van der Waals surface area contributed by atoms with Gasteiger partial charge < -0.3 is 9.64 Å². The van der Waals surface area contributed by atoms with E-state index in [1.54, 1.807) is 6.07 Å². The number of hydrogen-bond acceptors (Lipinski definition) is 3. The minimum atomic E-state index is -0.425. The number of benzene rings is 1. The van der Waals surface area contributed by atoms with Gasteiger partial charge >= 0.3 is 0 Å². The minimum Gasteiger partial charge on any atom is -0.492 e. The Bertz CT molecular complexity index is 447. The monoisotopic (exact) mass is 267 g/mol. The van der Waals surface area contributed by atoms with Gasteiger partial charge in [-0.15, -0.1) is 0 Å². The van der Waals surface area contributed by atoms with E-state index in [9.17, 15) is 4.79 Å². The summed E-state index contributed by atoms with van der Waals surface area (Å²) >= 11 is 5.67. The molecule has 0 aromatic heterocycles. The molecular weight excluding hydrogens is 250 g/mol. The third-order valence-corrected chi connectivity index (χ3v) is 3.45. The molecule has 0 amide bonds. The number of para-hydroxylation sites is 1. The van der Waals surface area contributed by atoms with E-state index in [2.05, 4.69) is 11.8 Å². The Labute approximate surface area is 113 Å². The van der Waals surface area contributed by atoms with Crippen LogP contribution in [0.2, 0.25) is 0 Å². The zero-order valence-electron chi connectivity index (χ0n) is 10.8. The number of carbonyl (C=O) groups is 1. The van der Waals surface area contributed by atoms with E-state index in [4.69, 9.17) is 16.3 Å². The highest BCUT2D eigenvalue weighted by atomic mass is 35.5. The predicted octanol–water partition coefficient (Wildman–Crippen LogP) is 3.31. The molecule has 4 heteroatoms. The summed E-state index contributed by atoms with van der Waals surface area (Å²) in [5.41, 5.74) is 1.39. The summed E-state index contributed by atoms with van der Waals surface area (Å²) in [6, 6.07) is 5.46. The van der Waals surface area contributed by atoms with Crippen molar-refractivity contribution in [3.63, 3.8) is 0 Å². The smallest absolute Gasteiger partial charge is 0.254 e. The normalized spacial score (nSPS) is 19.1. The molecular formula is C14H18ClNO2. The third-order valence-electron chi connectivity index (χ3n) is 3.25. The molecule has 18 heavy (non-hydrogen) atoms. The van der Waals surface area contributed by atoms with Crippen molar-refractivity contribution in [3.05, 3.63) is 23.8 Å². The zero-order chi connectivity index (χ0) is 13.1. The molecule has 0 bridgehead atoms. The Morgan fingerprint density at radius 3 is 2.89 bits per heavy atom. The lowest BCUT2D eigenvalue weighted by Gasteiger charge is -2.23. The maximum atomic E-state index is 11.5. The summed E-state index contributed by atoms with van der Waals surface area (Å²) in [6.07, 6.45) is 1.14. The van der Waals surface area contributed by atoms with Crippen molar-refractivity contribution in [2.24, 2.45) is 5.92 Å². The van der Waals surface area contributed by atoms with E-state index in [-0.39, 0.29) is 0 Å². The van der Waals surface area contributed by atoms with Crippen molar-refractivity contribution in [1.29, 1.82) is 0 Å². The van der Waals surface area contributed by atoms with Crippen LogP contribution >= 0.6 is 11.6 Å². The Morgan fingerprint density at radius 1 is 1.56 bits per heavy atom. The lowest BCUT2D eigenvalue weighted by molar-refractivity contribution is 0.108. The Morgan fingerprint density at radius 2 is 2.33 bits per heavy atom. The first-order valence-corrected chi connectivity index (χ1v) is 6.71. The van der Waals surface area contributed by atoms with E-state index in [0.717, 1.165) is 30.9 Å². The van der Waals surface area contributed by atoms with Crippen molar-refractivity contribution in [2.75, 3.05) is 24.6 Å². The average Bonchev–Trinajstić information content (AvgIpc) is 2.75. The maximum Gasteiger partial charge on any atom is 0.254 e. The van der Waals surface area contributed by atoms with Crippen LogP contribution in [-0.2, 0) is 0 Å². The molecule has 2 rings (SSSR count). The van der Waals surface area contributed by atoms with E-state index in [1.807, 2.05) is 19.1 Å². The predicted molar refractivity (Wildman–Crippen MR) is 73.8 cm³/mol. The second-order valence-corrected chi connectivity index (χ2v) is 5.04. The van der Waals surface area contributed by atoms with E-state index in [1.165, 1.54) is 0 Å². The molecule has 1 saturated heterocycles. The van der Waals surface area contributed by atoms with E-state index in [0.29, 0.717) is 18.1 Å². The van der Waals surface area contributed by atoms with Gasteiger partial charge in [0, 0.05) is 13.1 Å². The highest BCUT2D eigenvalue weighted by molar-refractivity contribution is 6.68. The van der Waals surface area contributed by atoms with Gasteiger partial charge in [0.25, 0.3) is 5.24 Å². The first-order chi connectivity index (χ1) is 8.63. The van der Waals surface area contributed by atoms with Crippen LogP contribution in [0.5, 0.6) is 5.75 Å². The summed E-state index contributed by atoms with van der Waals surface area (Å²) in [5, 5.41) is -0.425. The molecule has 98 valence electrons. The summed E-state index contributed by atoms with van der Waals surface area (Å²) in [4.78, 5) is 13.7. The Balaban J connectivity index is 2.43. The van der Waals surface area contributed by atoms with Crippen molar-refractivity contribution in [2.45, 2.75) is 20.3 Å². The molecule has 1 heterocycles. The van der Waals surface area contributed by atoms with Gasteiger partial charge in [0.2, 0.25) is 0 Å². The summed E-state index contributed by atoms with van der Waals surface area (Å²) in [7, 11) is 0. The first-order valence-electron chi connectivity index (χ1n) is 6.34. The van der Waals surface area contributed by atoms with Gasteiger partial charge in [0.05, 0.1) is 17.9 Å². The molecule has 1 unspecified atom stereocenters. The average molecular weight is 268 g/mol. The Kier molecular flexibility index (Phi) is 4.12. The van der Waals surface area contributed by atoms with Crippen LogP contribution in [0, 0.1) is 5.92 Å². The van der Waals surface area contributed by atoms with Gasteiger partial charge in [0.15, 0.2) is 0 Å². The fourth-order valence-electron chi connectivity index (χ4n) is 2.42. The molecule has 0 spiro atoms. The number of carbonyl (C=O) groups excluding carboxylic acids is 1. The van der Waals surface area contributed by atoms with Crippen LogP contribution in [0.3, 0.4) is 0 Å². The largest absolute Gasteiger partial charge is 0.492 e.